The van der Waals surface area contributed by atoms with E-state index in [2.05, 4.69) is 16.4 Å². The van der Waals surface area contributed by atoms with E-state index in [1.807, 2.05) is 24.3 Å². The molecular weight excluding hydrogens is 384 g/mol. The molecule has 1 amide bonds. The first kappa shape index (κ1) is 20.1. The van der Waals surface area contributed by atoms with Gasteiger partial charge in [0.1, 0.15) is 22.5 Å². The first-order valence-electron chi connectivity index (χ1n) is 8.79. The molecule has 0 unspecified atom stereocenters. The Morgan fingerprint density at radius 2 is 1.72 bits per heavy atom. The van der Waals surface area contributed by atoms with Gasteiger partial charge in [0.25, 0.3) is 5.91 Å². The second-order valence-electron chi connectivity index (χ2n) is 6.06. The lowest BCUT2D eigenvalue weighted by molar-refractivity contribution is 0.0958. The van der Waals surface area contributed by atoms with Gasteiger partial charge in [-0.1, -0.05) is 72.4 Å². The summed E-state index contributed by atoms with van der Waals surface area (Å²) in [5.74, 6) is -0.388. The molecule has 1 aromatic heterocycles. The third-order valence-electron chi connectivity index (χ3n) is 4.26. The van der Waals surface area contributed by atoms with Crippen LogP contribution in [0.25, 0.3) is 11.1 Å². The summed E-state index contributed by atoms with van der Waals surface area (Å²) in [7, 11) is 1.50. The van der Waals surface area contributed by atoms with E-state index in [1.54, 1.807) is 36.4 Å². The van der Waals surface area contributed by atoms with E-state index in [4.69, 9.17) is 5.73 Å². The molecule has 0 aliphatic heterocycles. The molecule has 0 spiro atoms. The number of aromatic nitrogens is 1. The van der Waals surface area contributed by atoms with Crippen LogP contribution in [0.4, 0.5) is 5.82 Å². The molecule has 144 valence electrons. The first-order chi connectivity index (χ1) is 14.1. The lowest BCUT2D eigenvalue weighted by atomic mass is 9.96. The number of nitrogens with one attached hydrogen (secondary N) is 1. The second kappa shape index (κ2) is 9.04. The Morgan fingerprint density at radius 1 is 1.10 bits per heavy atom. The molecule has 6 nitrogen and oxygen atoms in total. The van der Waals surface area contributed by atoms with Crippen LogP contribution in [0, 0.1) is 11.3 Å². The van der Waals surface area contributed by atoms with E-state index in [1.165, 1.54) is 7.05 Å². The zero-order valence-electron chi connectivity index (χ0n) is 15.7. The summed E-state index contributed by atoms with van der Waals surface area (Å²) in [4.78, 5) is 29.5. The molecule has 0 atom stereocenters. The fraction of sp³-hybridized carbons (Fsp3) is 0.0909. The molecule has 7 heteroatoms. The molecule has 1 heterocycles. The number of nitrogen functional groups attached to an aromatic ring is 1. The van der Waals surface area contributed by atoms with E-state index in [0.29, 0.717) is 21.7 Å². The first-order valence-corrected chi connectivity index (χ1v) is 9.77. The highest BCUT2D eigenvalue weighted by atomic mass is 32.2. The molecule has 2 aromatic carbocycles. The van der Waals surface area contributed by atoms with Gasteiger partial charge >= 0.3 is 0 Å². The summed E-state index contributed by atoms with van der Waals surface area (Å²) in [6.45, 7) is 0. The van der Waals surface area contributed by atoms with Gasteiger partial charge in [0.15, 0.2) is 5.78 Å². The van der Waals surface area contributed by atoms with Gasteiger partial charge in [-0.15, -0.1) is 0 Å². The minimum atomic E-state index is -0.400. The predicted octanol–water partition coefficient (Wildman–Crippen LogP) is 3.54. The molecule has 3 N–H and O–H groups in total. The monoisotopic (exact) mass is 402 g/mol. The molecule has 0 aliphatic rings. The normalized spacial score (nSPS) is 10.2. The van der Waals surface area contributed by atoms with E-state index < -0.39 is 5.91 Å². The molecule has 0 saturated carbocycles. The zero-order chi connectivity index (χ0) is 20.8. The Hall–Kier alpha value is -3.63. The molecule has 0 saturated heterocycles. The third-order valence-corrected chi connectivity index (χ3v) is 5.23. The van der Waals surface area contributed by atoms with E-state index >= 15 is 0 Å². The minimum absolute atomic E-state index is 0.0219. The standard InChI is InChI=1S/C22H18N4O2S/c1-25-21(28)19-18(15-10-6-3-7-11-15)16(12-23)20(24)26-22(19)29-13-17(27)14-8-4-2-5-9-14/h2-11H,13H2,1H3,(H2,24,26)(H,25,28). The maximum atomic E-state index is 12.7. The highest BCUT2D eigenvalue weighted by molar-refractivity contribution is 8.00. The largest absolute Gasteiger partial charge is 0.383 e. The van der Waals surface area contributed by atoms with E-state index in [0.717, 1.165) is 11.8 Å². The van der Waals surface area contributed by atoms with Crippen molar-refractivity contribution < 1.29 is 9.59 Å². The number of rotatable bonds is 6. The number of nitrogens with zero attached hydrogens (tertiary/aromatic N) is 2. The summed E-state index contributed by atoms with van der Waals surface area (Å²) in [5, 5.41) is 12.5. The number of ketones is 1. The SMILES string of the molecule is CNC(=O)c1c(SCC(=O)c2ccccc2)nc(N)c(C#N)c1-c1ccccc1. The number of hydrogen-bond acceptors (Lipinski definition) is 6. The Labute approximate surface area is 172 Å². The van der Waals surface area contributed by atoms with Crippen LogP contribution >= 0.6 is 11.8 Å². The van der Waals surface area contributed by atoms with Crippen LogP contribution in [0.3, 0.4) is 0 Å². The lowest BCUT2D eigenvalue weighted by Gasteiger charge is -2.16. The van der Waals surface area contributed by atoms with Gasteiger partial charge in [0, 0.05) is 18.2 Å². The number of Topliss-reactive ketones (excluding diaryl/α,β-unsaturated/α-hetero) is 1. The highest BCUT2D eigenvalue weighted by Crippen LogP contribution is 2.36. The van der Waals surface area contributed by atoms with Gasteiger partial charge in [0.05, 0.1) is 11.3 Å². The lowest BCUT2D eigenvalue weighted by Crippen LogP contribution is -2.22. The van der Waals surface area contributed by atoms with Gasteiger partial charge in [-0.3, -0.25) is 9.59 Å². The van der Waals surface area contributed by atoms with E-state index in [9.17, 15) is 14.9 Å². The molecule has 29 heavy (non-hydrogen) atoms. The molecule has 0 radical (unpaired) electrons. The molecule has 0 bridgehead atoms. The number of anilines is 1. The maximum absolute atomic E-state index is 12.7. The fourth-order valence-electron chi connectivity index (χ4n) is 2.87. The van der Waals surface area contributed by atoms with Crippen molar-refractivity contribution in [1.82, 2.24) is 10.3 Å². The van der Waals surface area contributed by atoms with Crippen molar-refractivity contribution in [3.8, 4) is 17.2 Å². The number of amides is 1. The van der Waals surface area contributed by atoms with Crippen LogP contribution in [-0.4, -0.2) is 29.5 Å². The van der Waals surface area contributed by atoms with Crippen LogP contribution in [0.2, 0.25) is 0 Å². The average molecular weight is 402 g/mol. The molecular formula is C22H18N4O2S. The van der Waals surface area contributed by atoms with Crippen molar-refractivity contribution in [1.29, 1.82) is 5.26 Å². The Balaban J connectivity index is 2.10. The van der Waals surface area contributed by atoms with Crippen LogP contribution in [0.15, 0.2) is 65.7 Å². The number of nitriles is 1. The fourth-order valence-corrected chi connectivity index (χ4v) is 3.81. The highest BCUT2D eigenvalue weighted by Gasteiger charge is 2.25. The summed E-state index contributed by atoms with van der Waals surface area (Å²) in [6, 6.07) is 20.0. The van der Waals surface area contributed by atoms with Gasteiger partial charge in [-0.2, -0.15) is 5.26 Å². The van der Waals surface area contributed by atoms with Crippen molar-refractivity contribution in [3.05, 3.63) is 77.4 Å². The Morgan fingerprint density at radius 3 is 2.31 bits per heavy atom. The van der Waals surface area contributed by atoms with Crippen LogP contribution in [0.5, 0.6) is 0 Å². The van der Waals surface area contributed by atoms with Crippen molar-refractivity contribution >= 4 is 29.3 Å². The second-order valence-corrected chi connectivity index (χ2v) is 7.03. The summed E-state index contributed by atoms with van der Waals surface area (Å²) in [6.07, 6.45) is 0. The smallest absolute Gasteiger partial charge is 0.254 e. The number of carbonyl (C=O) groups is 2. The molecule has 0 fully saturated rings. The topological polar surface area (TPSA) is 109 Å². The summed E-state index contributed by atoms with van der Waals surface area (Å²) in [5.41, 5.74) is 8.06. The van der Waals surface area contributed by atoms with Crippen LogP contribution in [0.1, 0.15) is 26.3 Å². The van der Waals surface area contributed by atoms with Crippen molar-refractivity contribution in [2.24, 2.45) is 0 Å². The minimum Gasteiger partial charge on any atom is -0.383 e. The average Bonchev–Trinajstić information content (AvgIpc) is 2.77. The number of pyridine rings is 1. The number of benzene rings is 2. The Kier molecular flexibility index (Phi) is 6.27. The van der Waals surface area contributed by atoms with Gasteiger partial charge < -0.3 is 11.1 Å². The quantitative estimate of drug-likeness (QED) is 0.482. The zero-order valence-corrected chi connectivity index (χ0v) is 16.5. The third kappa shape index (κ3) is 4.28. The number of thioether (sulfide) groups is 1. The molecule has 3 aromatic rings. The number of carbonyl (C=O) groups excluding carboxylic acids is 2. The molecule has 3 rings (SSSR count). The van der Waals surface area contributed by atoms with E-state index in [-0.39, 0.29) is 28.5 Å². The van der Waals surface area contributed by atoms with Crippen molar-refractivity contribution in [2.75, 3.05) is 18.5 Å². The predicted molar refractivity (Wildman–Crippen MR) is 114 cm³/mol. The van der Waals surface area contributed by atoms with Crippen LogP contribution < -0.4 is 11.1 Å². The van der Waals surface area contributed by atoms with Gasteiger partial charge in [0.2, 0.25) is 0 Å². The summed E-state index contributed by atoms with van der Waals surface area (Å²) < 4.78 is 0. The van der Waals surface area contributed by atoms with Crippen molar-refractivity contribution in [2.45, 2.75) is 5.03 Å². The van der Waals surface area contributed by atoms with Gasteiger partial charge in [-0.25, -0.2) is 4.98 Å². The maximum Gasteiger partial charge on any atom is 0.254 e. The van der Waals surface area contributed by atoms with Gasteiger partial charge in [-0.05, 0) is 5.56 Å². The number of nitrogens with two attached hydrogens (primary N) is 1. The molecule has 0 aliphatic carbocycles. The number of hydrogen-bond donors (Lipinski definition) is 2. The Bertz CT molecular complexity index is 1090. The summed E-state index contributed by atoms with van der Waals surface area (Å²) >= 11 is 1.12. The van der Waals surface area contributed by atoms with Crippen LogP contribution in [-0.2, 0) is 0 Å². The van der Waals surface area contributed by atoms with Crippen molar-refractivity contribution in [3.63, 3.8) is 0 Å².